The molecule has 4 heteroatoms. The van der Waals surface area contributed by atoms with Crippen molar-refractivity contribution < 1.29 is 9.53 Å². The number of carbonyl (C=O) groups excluding carboxylic acids is 1. The van der Waals surface area contributed by atoms with Crippen LogP contribution in [-0.4, -0.2) is 43.2 Å². The number of hydrogen-bond donors (Lipinski definition) is 1. The quantitative estimate of drug-likeness (QED) is 0.889. The Labute approximate surface area is 108 Å². The number of anilines is 1. The van der Waals surface area contributed by atoms with Crippen LogP contribution in [0.4, 0.5) is 5.69 Å². The van der Waals surface area contributed by atoms with Gasteiger partial charge in [-0.15, -0.1) is 0 Å². The van der Waals surface area contributed by atoms with Crippen LogP contribution in [0.15, 0.2) is 24.3 Å². The van der Waals surface area contributed by atoms with Gasteiger partial charge in [0.2, 0.25) is 0 Å². The minimum absolute atomic E-state index is 0.0909. The Hall–Kier alpha value is -1.55. The second kappa shape index (κ2) is 5.87. The van der Waals surface area contributed by atoms with Crippen LogP contribution in [0.3, 0.4) is 0 Å². The van der Waals surface area contributed by atoms with Crippen molar-refractivity contribution in [2.24, 2.45) is 0 Å². The first-order valence-corrected chi connectivity index (χ1v) is 6.45. The number of nitrogens with zero attached hydrogens (tertiary/aromatic N) is 1. The lowest BCUT2D eigenvalue weighted by Gasteiger charge is -2.31. The second-order valence-electron chi connectivity index (χ2n) is 4.54. The van der Waals surface area contributed by atoms with Crippen molar-refractivity contribution in [2.75, 3.05) is 31.6 Å². The molecule has 98 valence electrons. The molecule has 1 aliphatic rings. The van der Waals surface area contributed by atoms with Crippen LogP contribution in [-0.2, 0) is 4.74 Å². The van der Waals surface area contributed by atoms with E-state index in [0.717, 1.165) is 17.8 Å². The first-order valence-electron chi connectivity index (χ1n) is 6.45. The third kappa shape index (κ3) is 3.01. The van der Waals surface area contributed by atoms with E-state index >= 15 is 0 Å². The number of rotatable bonds is 3. The number of amides is 1. The molecule has 1 aromatic carbocycles. The molecule has 0 spiro atoms. The maximum atomic E-state index is 12.3. The molecule has 0 aliphatic carbocycles. The monoisotopic (exact) mass is 248 g/mol. The van der Waals surface area contributed by atoms with Crippen molar-refractivity contribution in [2.45, 2.75) is 20.0 Å². The standard InChI is InChI=1S/C14H20N2O2/c1-3-15-13-6-4-12(5-7-13)14(17)16-8-9-18-11(2)10-16/h4-7,11,15H,3,8-10H2,1-2H3. The number of nitrogens with one attached hydrogen (secondary N) is 1. The third-order valence-corrected chi connectivity index (χ3v) is 3.04. The molecule has 1 N–H and O–H groups in total. The zero-order valence-corrected chi connectivity index (χ0v) is 11.0. The molecule has 1 aromatic rings. The normalized spacial score (nSPS) is 19.7. The summed E-state index contributed by atoms with van der Waals surface area (Å²) < 4.78 is 5.44. The Bertz CT molecular complexity index is 403. The van der Waals surface area contributed by atoms with Crippen LogP contribution >= 0.6 is 0 Å². The fourth-order valence-electron chi connectivity index (χ4n) is 2.12. The average molecular weight is 248 g/mol. The van der Waals surface area contributed by atoms with E-state index in [1.54, 1.807) is 0 Å². The van der Waals surface area contributed by atoms with Gasteiger partial charge in [0.1, 0.15) is 0 Å². The number of hydrogen-bond acceptors (Lipinski definition) is 3. The Balaban J connectivity index is 2.03. The minimum Gasteiger partial charge on any atom is -0.385 e. The van der Waals surface area contributed by atoms with Gasteiger partial charge < -0.3 is 15.0 Å². The van der Waals surface area contributed by atoms with Gasteiger partial charge in [0.15, 0.2) is 0 Å². The molecule has 1 aliphatic heterocycles. The molecule has 1 fully saturated rings. The summed E-state index contributed by atoms with van der Waals surface area (Å²) in [5.41, 5.74) is 1.79. The predicted octanol–water partition coefficient (Wildman–Crippen LogP) is 1.98. The molecule has 0 aromatic heterocycles. The van der Waals surface area contributed by atoms with Gasteiger partial charge in [-0.05, 0) is 38.1 Å². The van der Waals surface area contributed by atoms with E-state index in [1.807, 2.05) is 43.0 Å². The highest BCUT2D eigenvalue weighted by Gasteiger charge is 2.22. The summed E-state index contributed by atoms with van der Waals surface area (Å²) in [7, 11) is 0. The van der Waals surface area contributed by atoms with Gasteiger partial charge >= 0.3 is 0 Å². The smallest absolute Gasteiger partial charge is 0.254 e. The van der Waals surface area contributed by atoms with E-state index in [9.17, 15) is 4.79 Å². The zero-order valence-electron chi connectivity index (χ0n) is 11.0. The summed E-state index contributed by atoms with van der Waals surface area (Å²) in [6.45, 7) is 6.91. The molecule has 1 atom stereocenters. The van der Waals surface area contributed by atoms with E-state index < -0.39 is 0 Å². The molecule has 1 amide bonds. The molecule has 0 bridgehead atoms. The largest absolute Gasteiger partial charge is 0.385 e. The molecule has 1 saturated heterocycles. The number of benzene rings is 1. The van der Waals surface area contributed by atoms with Crippen molar-refractivity contribution in [3.05, 3.63) is 29.8 Å². The van der Waals surface area contributed by atoms with Crippen LogP contribution in [0.2, 0.25) is 0 Å². The number of morpholine rings is 1. The molecular formula is C14H20N2O2. The fourth-order valence-corrected chi connectivity index (χ4v) is 2.12. The Morgan fingerprint density at radius 1 is 1.44 bits per heavy atom. The Morgan fingerprint density at radius 2 is 2.17 bits per heavy atom. The van der Waals surface area contributed by atoms with Crippen LogP contribution < -0.4 is 5.32 Å². The molecule has 0 radical (unpaired) electrons. The van der Waals surface area contributed by atoms with Crippen molar-refractivity contribution in [3.8, 4) is 0 Å². The summed E-state index contributed by atoms with van der Waals surface area (Å²) in [6.07, 6.45) is 0.128. The van der Waals surface area contributed by atoms with Gasteiger partial charge in [-0.25, -0.2) is 0 Å². The molecular weight excluding hydrogens is 228 g/mol. The van der Waals surface area contributed by atoms with Crippen LogP contribution in [0.25, 0.3) is 0 Å². The van der Waals surface area contributed by atoms with Crippen molar-refractivity contribution >= 4 is 11.6 Å². The van der Waals surface area contributed by atoms with Crippen LogP contribution in [0, 0.1) is 0 Å². The molecule has 0 saturated carbocycles. The van der Waals surface area contributed by atoms with Gasteiger partial charge in [0, 0.05) is 30.9 Å². The average Bonchev–Trinajstić information content (AvgIpc) is 2.39. The summed E-state index contributed by atoms with van der Waals surface area (Å²) >= 11 is 0. The maximum Gasteiger partial charge on any atom is 0.254 e. The minimum atomic E-state index is 0.0909. The van der Waals surface area contributed by atoms with Gasteiger partial charge in [-0.1, -0.05) is 0 Å². The lowest BCUT2D eigenvalue weighted by atomic mass is 10.1. The summed E-state index contributed by atoms with van der Waals surface area (Å²) in [6, 6.07) is 7.64. The van der Waals surface area contributed by atoms with Gasteiger partial charge in [-0.2, -0.15) is 0 Å². The lowest BCUT2D eigenvalue weighted by Crippen LogP contribution is -2.44. The summed E-state index contributed by atoms with van der Waals surface area (Å²) in [5.74, 6) is 0.0909. The topological polar surface area (TPSA) is 41.6 Å². The second-order valence-corrected chi connectivity index (χ2v) is 4.54. The highest BCUT2D eigenvalue weighted by atomic mass is 16.5. The molecule has 18 heavy (non-hydrogen) atoms. The van der Waals surface area contributed by atoms with Crippen molar-refractivity contribution in [3.63, 3.8) is 0 Å². The summed E-state index contributed by atoms with van der Waals surface area (Å²) in [5, 5.41) is 3.22. The van der Waals surface area contributed by atoms with Gasteiger partial charge in [0.05, 0.1) is 12.7 Å². The first kappa shape index (κ1) is 12.9. The molecule has 1 unspecified atom stereocenters. The van der Waals surface area contributed by atoms with Gasteiger partial charge in [0.25, 0.3) is 5.91 Å². The van der Waals surface area contributed by atoms with E-state index in [0.29, 0.717) is 19.7 Å². The number of ether oxygens (including phenoxy) is 1. The molecule has 2 rings (SSSR count). The van der Waals surface area contributed by atoms with Crippen LogP contribution in [0.5, 0.6) is 0 Å². The first-order chi connectivity index (χ1) is 8.70. The SMILES string of the molecule is CCNc1ccc(C(=O)N2CCOC(C)C2)cc1. The van der Waals surface area contributed by atoms with E-state index in [-0.39, 0.29) is 12.0 Å². The Morgan fingerprint density at radius 3 is 2.78 bits per heavy atom. The fraction of sp³-hybridized carbons (Fsp3) is 0.500. The van der Waals surface area contributed by atoms with Crippen molar-refractivity contribution in [1.29, 1.82) is 0 Å². The van der Waals surface area contributed by atoms with E-state index in [2.05, 4.69) is 5.32 Å². The van der Waals surface area contributed by atoms with E-state index in [1.165, 1.54) is 0 Å². The predicted molar refractivity (Wildman–Crippen MR) is 71.9 cm³/mol. The van der Waals surface area contributed by atoms with Crippen molar-refractivity contribution in [1.82, 2.24) is 4.90 Å². The van der Waals surface area contributed by atoms with Gasteiger partial charge in [-0.3, -0.25) is 4.79 Å². The third-order valence-electron chi connectivity index (χ3n) is 3.04. The van der Waals surface area contributed by atoms with E-state index in [4.69, 9.17) is 4.74 Å². The maximum absolute atomic E-state index is 12.3. The number of carbonyl (C=O) groups is 1. The Kier molecular flexibility index (Phi) is 4.20. The highest BCUT2D eigenvalue weighted by molar-refractivity contribution is 5.94. The molecule has 4 nitrogen and oxygen atoms in total. The zero-order chi connectivity index (χ0) is 13.0. The molecule has 1 heterocycles. The summed E-state index contributed by atoms with van der Waals surface area (Å²) in [4.78, 5) is 14.1. The highest BCUT2D eigenvalue weighted by Crippen LogP contribution is 2.13. The van der Waals surface area contributed by atoms with Crippen LogP contribution in [0.1, 0.15) is 24.2 Å². The lowest BCUT2D eigenvalue weighted by molar-refractivity contribution is -0.0124.